The molecule has 1 heterocycles. The topological polar surface area (TPSA) is 91.5 Å². The third kappa shape index (κ3) is 3.72. The van der Waals surface area contributed by atoms with Crippen molar-refractivity contribution in [1.29, 1.82) is 0 Å². The number of esters is 2. The lowest BCUT2D eigenvalue weighted by Crippen LogP contribution is -2.00. The fraction of sp³-hybridized carbons (Fsp3) is 0.111. The number of aromatic nitrogens is 2. The van der Waals surface area contributed by atoms with Crippen molar-refractivity contribution in [2.45, 2.75) is 6.92 Å². The lowest BCUT2D eigenvalue weighted by Gasteiger charge is -2.01. The Balaban J connectivity index is 1.80. The lowest BCUT2D eigenvalue weighted by atomic mass is 10.1. The number of hydrogen-bond donors (Lipinski definition) is 0. The van der Waals surface area contributed by atoms with Crippen LogP contribution >= 0.6 is 0 Å². The molecular weight excluding hydrogens is 324 g/mol. The quantitative estimate of drug-likeness (QED) is 0.533. The van der Waals surface area contributed by atoms with E-state index < -0.39 is 5.97 Å². The average molecular weight is 338 g/mol. The molecule has 0 aliphatic carbocycles. The van der Waals surface area contributed by atoms with Gasteiger partial charge in [-0.15, -0.1) is 0 Å². The number of benzene rings is 2. The molecule has 3 aromatic rings. The van der Waals surface area contributed by atoms with Crippen LogP contribution in [0.2, 0.25) is 0 Å². The fourth-order valence-corrected chi connectivity index (χ4v) is 2.16. The van der Waals surface area contributed by atoms with E-state index in [0.29, 0.717) is 28.6 Å². The van der Waals surface area contributed by atoms with Crippen LogP contribution in [-0.2, 0) is 9.53 Å². The van der Waals surface area contributed by atoms with Crippen LogP contribution in [0.1, 0.15) is 17.3 Å². The molecule has 0 spiro atoms. The van der Waals surface area contributed by atoms with E-state index in [4.69, 9.17) is 9.26 Å². The van der Waals surface area contributed by atoms with Crippen LogP contribution in [0.25, 0.3) is 22.8 Å². The summed E-state index contributed by atoms with van der Waals surface area (Å²) >= 11 is 0. The van der Waals surface area contributed by atoms with E-state index in [1.165, 1.54) is 14.0 Å². The van der Waals surface area contributed by atoms with E-state index in [0.717, 1.165) is 5.56 Å². The Morgan fingerprint density at radius 2 is 1.60 bits per heavy atom. The summed E-state index contributed by atoms with van der Waals surface area (Å²) in [5.41, 5.74) is 1.84. The van der Waals surface area contributed by atoms with Crippen molar-refractivity contribution >= 4 is 11.9 Å². The fourth-order valence-electron chi connectivity index (χ4n) is 2.16. The van der Waals surface area contributed by atoms with Crippen LogP contribution in [0, 0.1) is 0 Å². The maximum absolute atomic E-state index is 11.4. The van der Waals surface area contributed by atoms with Crippen LogP contribution in [-0.4, -0.2) is 29.2 Å². The van der Waals surface area contributed by atoms with E-state index in [1.54, 1.807) is 48.5 Å². The first-order valence-corrected chi connectivity index (χ1v) is 7.38. The summed E-state index contributed by atoms with van der Waals surface area (Å²) in [6.45, 7) is 1.34. The predicted molar refractivity (Wildman–Crippen MR) is 87.8 cm³/mol. The van der Waals surface area contributed by atoms with Crippen molar-refractivity contribution in [3.8, 4) is 28.6 Å². The van der Waals surface area contributed by atoms with Gasteiger partial charge in [0.1, 0.15) is 5.75 Å². The van der Waals surface area contributed by atoms with Gasteiger partial charge in [0.05, 0.1) is 12.7 Å². The highest BCUT2D eigenvalue weighted by atomic mass is 16.5. The van der Waals surface area contributed by atoms with Gasteiger partial charge in [-0.1, -0.05) is 5.16 Å². The summed E-state index contributed by atoms with van der Waals surface area (Å²) < 4.78 is 14.9. The highest BCUT2D eigenvalue weighted by Crippen LogP contribution is 2.24. The van der Waals surface area contributed by atoms with Gasteiger partial charge in [0.25, 0.3) is 5.89 Å². The zero-order valence-corrected chi connectivity index (χ0v) is 13.6. The third-order valence-electron chi connectivity index (χ3n) is 3.35. The zero-order valence-electron chi connectivity index (χ0n) is 13.6. The molecule has 0 amide bonds. The average Bonchev–Trinajstić information content (AvgIpc) is 3.11. The Morgan fingerprint density at radius 3 is 2.20 bits per heavy atom. The molecule has 25 heavy (non-hydrogen) atoms. The van der Waals surface area contributed by atoms with Gasteiger partial charge in [-0.3, -0.25) is 4.79 Å². The molecule has 126 valence electrons. The summed E-state index contributed by atoms with van der Waals surface area (Å²) in [5, 5.41) is 3.94. The standard InChI is InChI=1S/C18H14N2O5/c1-11(21)24-15-9-7-12(8-10-15)16-19-17(25-20-16)13-3-5-14(6-4-13)18(22)23-2/h3-10H,1-2H3. The second-order valence-electron chi connectivity index (χ2n) is 5.11. The van der Waals surface area contributed by atoms with Gasteiger partial charge in [-0.2, -0.15) is 4.98 Å². The largest absolute Gasteiger partial charge is 0.465 e. The Labute approximate surface area is 143 Å². The molecule has 2 aromatic carbocycles. The molecule has 0 saturated heterocycles. The van der Waals surface area contributed by atoms with Crippen molar-refractivity contribution in [2.75, 3.05) is 7.11 Å². The van der Waals surface area contributed by atoms with Crippen LogP contribution < -0.4 is 4.74 Å². The molecule has 0 fully saturated rings. The molecule has 3 rings (SSSR count). The summed E-state index contributed by atoms with van der Waals surface area (Å²) in [7, 11) is 1.33. The second kappa shape index (κ2) is 6.96. The second-order valence-corrected chi connectivity index (χ2v) is 5.11. The molecule has 0 radical (unpaired) electrons. The maximum Gasteiger partial charge on any atom is 0.337 e. The molecule has 0 N–H and O–H groups in total. The van der Waals surface area contributed by atoms with Crippen molar-refractivity contribution in [1.82, 2.24) is 10.1 Å². The molecule has 7 heteroatoms. The molecule has 0 saturated carbocycles. The highest BCUT2D eigenvalue weighted by molar-refractivity contribution is 5.89. The summed E-state index contributed by atoms with van der Waals surface area (Å²) in [6, 6.07) is 13.4. The first-order valence-electron chi connectivity index (χ1n) is 7.38. The summed E-state index contributed by atoms with van der Waals surface area (Å²) in [4.78, 5) is 26.7. The van der Waals surface area contributed by atoms with Crippen molar-refractivity contribution in [3.63, 3.8) is 0 Å². The van der Waals surface area contributed by atoms with Crippen LogP contribution in [0.3, 0.4) is 0 Å². The molecule has 0 bridgehead atoms. The molecule has 0 atom stereocenters. The molecule has 1 aromatic heterocycles. The molecule has 0 aliphatic rings. The molecule has 7 nitrogen and oxygen atoms in total. The van der Waals surface area contributed by atoms with Gasteiger partial charge in [-0.05, 0) is 48.5 Å². The number of hydrogen-bond acceptors (Lipinski definition) is 7. The van der Waals surface area contributed by atoms with Gasteiger partial charge in [-0.25, -0.2) is 4.79 Å². The zero-order chi connectivity index (χ0) is 17.8. The minimum atomic E-state index is -0.411. The SMILES string of the molecule is COC(=O)c1ccc(-c2nc(-c3ccc(OC(C)=O)cc3)no2)cc1. The van der Waals surface area contributed by atoms with Crippen LogP contribution in [0.15, 0.2) is 53.1 Å². The van der Waals surface area contributed by atoms with Gasteiger partial charge < -0.3 is 14.0 Å². The van der Waals surface area contributed by atoms with Crippen LogP contribution in [0.4, 0.5) is 0 Å². The normalized spacial score (nSPS) is 10.3. The van der Waals surface area contributed by atoms with Crippen molar-refractivity contribution in [3.05, 3.63) is 54.1 Å². The number of nitrogens with zero attached hydrogens (tertiary/aromatic N) is 2. The Hall–Kier alpha value is -3.48. The van der Waals surface area contributed by atoms with E-state index in [1.807, 2.05) is 0 Å². The molecule has 0 aliphatic heterocycles. The van der Waals surface area contributed by atoms with E-state index in [2.05, 4.69) is 14.9 Å². The van der Waals surface area contributed by atoms with Gasteiger partial charge in [0, 0.05) is 18.1 Å². The first kappa shape index (κ1) is 16.4. The predicted octanol–water partition coefficient (Wildman–Crippen LogP) is 3.12. The molecular formula is C18H14N2O5. The molecule has 0 unspecified atom stereocenters. The minimum Gasteiger partial charge on any atom is -0.465 e. The minimum absolute atomic E-state index is 0.329. The number of ether oxygens (including phenoxy) is 2. The van der Waals surface area contributed by atoms with Gasteiger partial charge in [0.15, 0.2) is 0 Å². The number of methoxy groups -OCH3 is 1. The lowest BCUT2D eigenvalue weighted by molar-refractivity contribution is -0.131. The monoisotopic (exact) mass is 338 g/mol. The summed E-state index contributed by atoms with van der Waals surface area (Å²) in [6.07, 6.45) is 0. The van der Waals surface area contributed by atoms with Gasteiger partial charge in [0.2, 0.25) is 5.82 Å². The van der Waals surface area contributed by atoms with E-state index in [-0.39, 0.29) is 5.97 Å². The smallest absolute Gasteiger partial charge is 0.337 e. The number of rotatable bonds is 4. The first-order chi connectivity index (χ1) is 12.1. The Bertz CT molecular complexity index is 898. The Kier molecular flexibility index (Phi) is 4.56. The van der Waals surface area contributed by atoms with Gasteiger partial charge >= 0.3 is 11.9 Å². The van der Waals surface area contributed by atoms with E-state index >= 15 is 0 Å². The van der Waals surface area contributed by atoms with Crippen LogP contribution in [0.5, 0.6) is 5.75 Å². The van der Waals surface area contributed by atoms with E-state index in [9.17, 15) is 9.59 Å². The third-order valence-corrected chi connectivity index (χ3v) is 3.35. The maximum atomic E-state index is 11.4. The number of carbonyl (C=O) groups is 2. The van der Waals surface area contributed by atoms with Crippen molar-refractivity contribution < 1.29 is 23.6 Å². The highest BCUT2D eigenvalue weighted by Gasteiger charge is 2.12. The Morgan fingerprint density at radius 1 is 0.960 bits per heavy atom. The number of carbonyl (C=O) groups excluding carboxylic acids is 2. The van der Waals surface area contributed by atoms with Crippen molar-refractivity contribution in [2.24, 2.45) is 0 Å². The summed E-state index contributed by atoms with van der Waals surface area (Å²) in [5.74, 6) is 0.380.